The van der Waals surface area contributed by atoms with Crippen molar-refractivity contribution >= 4 is 27.6 Å². The average Bonchev–Trinajstić information content (AvgIpc) is 2.29. The predicted octanol–water partition coefficient (Wildman–Crippen LogP) is 1.70. The monoisotopic (exact) mass is 289 g/mol. The van der Waals surface area contributed by atoms with Crippen molar-refractivity contribution in [1.29, 1.82) is 0 Å². The van der Waals surface area contributed by atoms with Gasteiger partial charge >= 0.3 is 5.97 Å². The molecule has 1 heterocycles. The van der Waals surface area contributed by atoms with E-state index in [0.717, 1.165) is 0 Å². The van der Waals surface area contributed by atoms with Crippen molar-refractivity contribution in [1.82, 2.24) is 4.98 Å². The summed E-state index contributed by atoms with van der Waals surface area (Å²) in [7, 11) is -3.05. The molecule has 0 saturated carbocycles. The number of pyridine rings is 1. The highest BCUT2D eigenvalue weighted by Crippen LogP contribution is 2.19. The lowest BCUT2D eigenvalue weighted by Crippen LogP contribution is -2.18. The van der Waals surface area contributed by atoms with E-state index in [1.54, 1.807) is 19.9 Å². The molecule has 1 rings (SSSR count). The number of aromatic carboxylic acids is 1. The molecule has 5 nitrogen and oxygen atoms in total. The van der Waals surface area contributed by atoms with Gasteiger partial charge in [0.2, 0.25) is 0 Å². The molecule has 0 amide bonds. The van der Waals surface area contributed by atoms with Crippen LogP contribution in [-0.4, -0.2) is 41.2 Å². The minimum Gasteiger partial charge on any atom is -0.477 e. The first-order valence-corrected chi connectivity index (χ1v) is 8.07. The van der Waals surface area contributed by atoms with Gasteiger partial charge in [-0.2, -0.15) is 0 Å². The second-order valence-electron chi connectivity index (χ2n) is 3.95. The Morgan fingerprint density at radius 2 is 2.17 bits per heavy atom. The van der Waals surface area contributed by atoms with Crippen LogP contribution >= 0.6 is 11.8 Å². The van der Waals surface area contributed by atoms with Crippen molar-refractivity contribution in [3.8, 4) is 0 Å². The van der Waals surface area contributed by atoms with E-state index in [9.17, 15) is 13.2 Å². The van der Waals surface area contributed by atoms with Gasteiger partial charge in [-0.1, -0.05) is 0 Å². The Kier molecular flexibility index (Phi) is 5.15. The first-order valence-electron chi connectivity index (χ1n) is 5.36. The summed E-state index contributed by atoms with van der Waals surface area (Å²) in [4.78, 5) is 15.1. The fourth-order valence-electron chi connectivity index (χ4n) is 1.13. The highest BCUT2D eigenvalue weighted by Gasteiger charge is 2.15. The van der Waals surface area contributed by atoms with Crippen LogP contribution in [0.5, 0.6) is 0 Å². The fourth-order valence-corrected chi connectivity index (χ4v) is 3.45. The second-order valence-corrected chi connectivity index (χ2v) is 7.79. The molecule has 0 aromatic carbocycles. The number of hydrogen-bond donors (Lipinski definition) is 1. The number of thioether (sulfide) groups is 1. The zero-order chi connectivity index (χ0) is 13.8. The molecule has 0 aliphatic heterocycles. The summed E-state index contributed by atoms with van der Waals surface area (Å²) in [6, 6.07) is 3.11. The number of carboxylic acid groups (broad SMARTS) is 1. The van der Waals surface area contributed by atoms with Crippen LogP contribution < -0.4 is 0 Å². The van der Waals surface area contributed by atoms with Crippen molar-refractivity contribution in [2.45, 2.75) is 24.0 Å². The lowest BCUT2D eigenvalue weighted by atomic mass is 10.4. The zero-order valence-electron chi connectivity index (χ0n) is 10.2. The van der Waals surface area contributed by atoms with Crippen molar-refractivity contribution in [2.75, 3.05) is 11.5 Å². The molecule has 18 heavy (non-hydrogen) atoms. The molecular formula is C11H15NO4S2. The molecule has 0 unspecified atom stereocenters. The van der Waals surface area contributed by atoms with Crippen LogP contribution in [0.15, 0.2) is 23.2 Å². The van der Waals surface area contributed by atoms with Gasteiger partial charge in [0, 0.05) is 16.8 Å². The van der Waals surface area contributed by atoms with E-state index < -0.39 is 15.8 Å². The topological polar surface area (TPSA) is 84.3 Å². The van der Waals surface area contributed by atoms with Crippen LogP contribution in [0.1, 0.15) is 24.3 Å². The third kappa shape index (κ3) is 4.30. The van der Waals surface area contributed by atoms with Gasteiger partial charge < -0.3 is 5.11 Å². The van der Waals surface area contributed by atoms with Crippen LogP contribution in [0, 0.1) is 0 Å². The molecular weight excluding hydrogens is 274 g/mol. The number of aromatic nitrogens is 1. The number of sulfone groups is 1. The number of rotatable bonds is 6. The molecule has 0 atom stereocenters. The summed E-state index contributed by atoms with van der Waals surface area (Å²) < 4.78 is 23.2. The Morgan fingerprint density at radius 3 is 2.72 bits per heavy atom. The molecule has 0 radical (unpaired) electrons. The first kappa shape index (κ1) is 15.0. The van der Waals surface area contributed by atoms with E-state index in [4.69, 9.17) is 5.11 Å². The SMILES string of the molecule is CC(C)S(=O)(=O)CCSc1ccnc(C(=O)O)c1. The Morgan fingerprint density at radius 1 is 1.50 bits per heavy atom. The van der Waals surface area contributed by atoms with Crippen LogP contribution in [-0.2, 0) is 9.84 Å². The normalized spacial score (nSPS) is 11.7. The first-order chi connectivity index (χ1) is 8.33. The molecule has 1 aromatic rings. The Balaban J connectivity index is 2.60. The maximum absolute atomic E-state index is 11.6. The minimum atomic E-state index is -3.05. The number of nitrogens with zero attached hydrogens (tertiary/aromatic N) is 1. The van der Waals surface area contributed by atoms with Gasteiger partial charge in [-0.3, -0.25) is 0 Å². The highest BCUT2D eigenvalue weighted by molar-refractivity contribution is 8.00. The third-order valence-corrected chi connectivity index (χ3v) is 5.77. The molecule has 7 heteroatoms. The van der Waals surface area contributed by atoms with Gasteiger partial charge in [0.1, 0.15) is 5.69 Å². The molecule has 0 spiro atoms. The van der Waals surface area contributed by atoms with Gasteiger partial charge in [0.25, 0.3) is 0 Å². The zero-order valence-corrected chi connectivity index (χ0v) is 11.8. The number of carboxylic acids is 1. The molecule has 1 N–H and O–H groups in total. The van der Waals surface area contributed by atoms with E-state index in [1.165, 1.54) is 24.0 Å². The summed E-state index contributed by atoms with van der Waals surface area (Å²) in [6.07, 6.45) is 1.41. The van der Waals surface area contributed by atoms with Gasteiger partial charge in [0.05, 0.1) is 11.0 Å². The Bertz CT molecular complexity index is 526. The summed E-state index contributed by atoms with van der Waals surface area (Å²) in [6.45, 7) is 3.30. The summed E-state index contributed by atoms with van der Waals surface area (Å²) in [5.74, 6) is -0.601. The number of hydrogen-bond acceptors (Lipinski definition) is 5. The molecule has 0 bridgehead atoms. The Labute approximate surface area is 111 Å². The largest absolute Gasteiger partial charge is 0.477 e. The predicted molar refractivity (Wildman–Crippen MR) is 70.8 cm³/mol. The second kappa shape index (κ2) is 6.19. The maximum Gasteiger partial charge on any atom is 0.354 e. The van der Waals surface area contributed by atoms with E-state index in [-0.39, 0.29) is 16.7 Å². The van der Waals surface area contributed by atoms with E-state index in [1.807, 2.05) is 0 Å². The lowest BCUT2D eigenvalue weighted by molar-refractivity contribution is 0.0690. The summed E-state index contributed by atoms with van der Waals surface area (Å²) in [5.41, 5.74) is -0.0354. The summed E-state index contributed by atoms with van der Waals surface area (Å²) >= 11 is 1.31. The molecule has 0 fully saturated rings. The maximum atomic E-state index is 11.6. The molecule has 0 saturated heterocycles. The molecule has 1 aromatic heterocycles. The molecule has 0 aliphatic carbocycles. The third-order valence-electron chi connectivity index (χ3n) is 2.31. The quantitative estimate of drug-likeness (QED) is 0.802. The van der Waals surface area contributed by atoms with Crippen LogP contribution in [0.4, 0.5) is 0 Å². The Hall–Kier alpha value is -1.08. The average molecular weight is 289 g/mol. The van der Waals surface area contributed by atoms with Crippen molar-refractivity contribution in [3.05, 3.63) is 24.0 Å². The standard InChI is InChI=1S/C11H15NO4S2/c1-8(2)18(15,16)6-5-17-9-3-4-12-10(7-9)11(13)14/h3-4,7-8H,5-6H2,1-2H3,(H,13,14). The fraction of sp³-hybridized carbons (Fsp3) is 0.455. The minimum absolute atomic E-state index is 0.0354. The highest BCUT2D eigenvalue weighted by atomic mass is 32.2. The van der Waals surface area contributed by atoms with Crippen LogP contribution in [0.25, 0.3) is 0 Å². The molecule has 100 valence electrons. The number of carbonyl (C=O) groups is 1. The summed E-state index contributed by atoms with van der Waals surface area (Å²) in [5, 5.41) is 8.38. The van der Waals surface area contributed by atoms with Gasteiger partial charge in [0.15, 0.2) is 9.84 Å². The van der Waals surface area contributed by atoms with E-state index in [2.05, 4.69) is 4.98 Å². The van der Waals surface area contributed by atoms with Crippen molar-refractivity contribution in [2.24, 2.45) is 0 Å². The van der Waals surface area contributed by atoms with Gasteiger partial charge in [-0.25, -0.2) is 18.2 Å². The van der Waals surface area contributed by atoms with Crippen molar-refractivity contribution < 1.29 is 18.3 Å². The smallest absolute Gasteiger partial charge is 0.354 e. The van der Waals surface area contributed by atoms with E-state index in [0.29, 0.717) is 10.6 Å². The van der Waals surface area contributed by atoms with Gasteiger partial charge in [-0.05, 0) is 26.0 Å². The molecule has 0 aliphatic rings. The van der Waals surface area contributed by atoms with Crippen LogP contribution in [0.2, 0.25) is 0 Å². The lowest BCUT2D eigenvalue weighted by Gasteiger charge is -2.07. The van der Waals surface area contributed by atoms with Crippen molar-refractivity contribution in [3.63, 3.8) is 0 Å². The van der Waals surface area contributed by atoms with Gasteiger partial charge in [-0.15, -0.1) is 11.8 Å². The van der Waals surface area contributed by atoms with E-state index >= 15 is 0 Å². The van der Waals surface area contributed by atoms with Crippen LogP contribution in [0.3, 0.4) is 0 Å².